The van der Waals surface area contributed by atoms with Crippen molar-refractivity contribution in [3.05, 3.63) is 62.9 Å². The van der Waals surface area contributed by atoms with Crippen LogP contribution in [-0.2, 0) is 24.8 Å². The monoisotopic (exact) mass is 394 g/mol. The van der Waals surface area contributed by atoms with E-state index in [2.05, 4.69) is 4.98 Å². The second-order valence-corrected chi connectivity index (χ2v) is 7.01. The Balaban J connectivity index is 1.77. The summed E-state index contributed by atoms with van der Waals surface area (Å²) in [6.07, 6.45) is 3.03. The van der Waals surface area contributed by atoms with E-state index in [-0.39, 0.29) is 23.5 Å². The molecule has 150 valence electrons. The third-order valence-corrected chi connectivity index (χ3v) is 5.13. The molecule has 0 N–H and O–H groups in total. The molecule has 0 spiro atoms. The van der Waals surface area contributed by atoms with Crippen LogP contribution < -0.4 is 20.9 Å². The van der Waals surface area contributed by atoms with Crippen LogP contribution in [0.2, 0.25) is 0 Å². The van der Waals surface area contributed by atoms with Crippen LogP contribution in [0.1, 0.15) is 18.9 Å². The van der Waals surface area contributed by atoms with Gasteiger partial charge in [0.2, 0.25) is 5.91 Å². The average Bonchev–Trinajstić information content (AvgIpc) is 3.17. The van der Waals surface area contributed by atoms with Crippen molar-refractivity contribution >= 4 is 22.6 Å². The highest BCUT2D eigenvalue weighted by Gasteiger charge is 2.26. The summed E-state index contributed by atoms with van der Waals surface area (Å²) in [6, 6.07) is 9.26. The van der Waals surface area contributed by atoms with Gasteiger partial charge in [-0.2, -0.15) is 0 Å². The maximum Gasteiger partial charge on any atom is 0.332 e. The quantitative estimate of drug-likeness (QED) is 0.654. The van der Waals surface area contributed by atoms with Crippen LogP contribution in [0.5, 0.6) is 5.75 Å². The Bertz CT molecular complexity index is 1210. The Labute approximate surface area is 167 Å². The Morgan fingerprint density at radius 1 is 1.21 bits per heavy atom. The molecule has 0 aliphatic carbocycles. The fourth-order valence-electron chi connectivity index (χ4n) is 3.67. The normalized spacial score (nSPS) is 13.0. The maximum absolute atomic E-state index is 13.1. The van der Waals surface area contributed by atoms with Crippen LogP contribution in [-0.4, -0.2) is 33.2 Å². The smallest absolute Gasteiger partial charge is 0.332 e. The first-order valence-corrected chi connectivity index (χ1v) is 9.62. The highest BCUT2D eigenvalue weighted by molar-refractivity contribution is 5.95. The first-order chi connectivity index (χ1) is 14.0. The molecule has 2 aromatic heterocycles. The highest BCUT2D eigenvalue weighted by Crippen LogP contribution is 2.27. The molecular formula is C21H22N4O4. The summed E-state index contributed by atoms with van der Waals surface area (Å²) in [5, 5.41) is 0.206. The zero-order valence-corrected chi connectivity index (χ0v) is 16.4. The van der Waals surface area contributed by atoms with E-state index in [0.29, 0.717) is 18.9 Å². The lowest BCUT2D eigenvalue weighted by molar-refractivity contribution is -0.119. The molecule has 0 unspecified atom stereocenters. The number of amides is 1. The van der Waals surface area contributed by atoms with E-state index < -0.39 is 11.2 Å². The molecule has 3 heterocycles. The van der Waals surface area contributed by atoms with Gasteiger partial charge in [-0.25, -0.2) is 14.3 Å². The number of carbonyl (C=O) groups is 1. The molecule has 8 nitrogen and oxygen atoms in total. The molecule has 3 aromatic rings. The lowest BCUT2D eigenvalue weighted by Gasteiger charge is -2.18. The number of aromatic nitrogens is 3. The van der Waals surface area contributed by atoms with E-state index in [0.717, 1.165) is 28.7 Å². The van der Waals surface area contributed by atoms with Gasteiger partial charge >= 0.3 is 5.69 Å². The molecule has 1 aliphatic rings. The third kappa shape index (κ3) is 3.20. The summed E-state index contributed by atoms with van der Waals surface area (Å²) in [6.45, 7) is 2.60. The van der Waals surface area contributed by atoms with Gasteiger partial charge in [-0.15, -0.1) is 0 Å². The number of hydrogen-bond acceptors (Lipinski definition) is 5. The Hall–Kier alpha value is -3.42. The van der Waals surface area contributed by atoms with Gasteiger partial charge in [0.15, 0.2) is 5.65 Å². The summed E-state index contributed by atoms with van der Waals surface area (Å²) in [5.74, 6) is 0.0681. The minimum atomic E-state index is -0.580. The maximum atomic E-state index is 13.1. The first kappa shape index (κ1) is 18.9. The van der Waals surface area contributed by atoms with Crippen molar-refractivity contribution in [1.29, 1.82) is 0 Å². The number of pyridine rings is 1. The van der Waals surface area contributed by atoms with Crippen LogP contribution in [0, 0.1) is 0 Å². The zero-order chi connectivity index (χ0) is 20.5. The standard InChI is InChI=1S/C21H22N4O4/c1-3-12-29-16-8-10-22-19-18(16)20(27)25(21(28)23(19)2)13-17(26)24-11-9-14-6-4-5-7-15(14)24/h4-8,10H,3,9,11-13H2,1-2H3. The molecule has 0 atom stereocenters. The van der Waals surface area contributed by atoms with Crippen molar-refractivity contribution in [2.24, 2.45) is 7.05 Å². The zero-order valence-electron chi connectivity index (χ0n) is 16.4. The van der Waals surface area contributed by atoms with E-state index in [4.69, 9.17) is 4.74 Å². The van der Waals surface area contributed by atoms with Crippen LogP contribution in [0.3, 0.4) is 0 Å². The van der Waals surface area contributed by atoms with Crippen molar-refractivity contribution < 1.29 is 9.53 Å². The second kappa shape index (κ2) is 7.54. The van der Waals surface area contributed by atoms with Crippen LogP contribution >= 0.6 is 0 Å². The minimum Gasteiger partial charge on any atom is -0.493 e. The number of nitrogens with zero attached hydrogens (tertiary/aromatic N) is 4. The number of anilines is 1. The molecule has 0 saturated heterocycles. The summed E-state index contributed by atoms with van der Waals surface area (Å²) in [4.78, 5) is 44.7. The number of benzene rings is 1. The molecule has 0 radical (unpaired) electrons. The van der Waals surface area contributed by atoms with Crippen molar-refractivity contribution in [3.8, 4) is 5.75 Å². The summed E-state index contributed by atoms with van der Waals surface area (Å²) < 4.78 is 7.93. The largest absolute Gasteiger partial charge is 0.493 e. The molecule has 1 aromatic carbocycles. The number of aryl methyl sites for hydroxylation is 1. The lowest BCUT2D eigenvalue weighted by atomic mass is 10.2. The molecule has 0 fully saturated rings. The van der Waals surface area contributed by atoms with Gasteiger partial charge in [-0.3, -0.25) is 14.2 Å². The SMILES string of the molecule is CCCOc1ccnc2c1c(=O)n(CC(=O)N1CCc3ccccc31)c(=O)n2C. The Morgan fingerprint density at radius 2 is 2.00 bits per heavy atom. The lowest BCUT2D eigenvalue weighted by Crippen LogP contribution is -2.44. The topological polar surface area (TPSA) is 86.4 Å². The van der Waals surface area contributed by atoms with Crippen LogP contribution in [0.4, 0.5) is 5.69 Å². The minimum absolute atomic E-state index is 0.206. The van der Waals surface area contributed by atoms with Crippen molar-refractivity contribution in [2.45, 2.75) is 26.3 Å². The number of hydrogen-bond donors (Lipinski definition) is 0. The number of fused-ring (bicyclic) bond motifs is 2. The molecular weight excluding hydrogens is 372 g/mol. The molecule has 0 saturated carbocycles. The van der Waals surface area contributed by atoms with Crippen molar-refractivity contribution in [3.63, 3.8) is 0 Å². The number of carbonyl (C=O) groups excluding carboxylic acids is 1. The van der Waals surface area contributed by atoms with E-state index in [1.807, 2.05) is 31.2 Å². The Kier molecular flexibility index (Phi) is 4.92. The predicted octanol–water partition coefficient (Wildman–Crippen LogP) is 1.47. The van der Waals surface area contributed by atoms with Gasteiger partial charge < -0.3 is 9.64 Å². The average molecular weight is 394 g/mol. The molecule has 4 rings (SSSR count). The summed E-state index contributed by atoms with van der Waals surface area (Å²) >= 11 is 0. The van der Waals surface area contributed by atoms with Gasteiger partial charge in [-0.1, -0.05) is 25.1 Å². The Morgan fingerprint density at radius 3 is 2.79 bits per heavy atom. The van der Waals surface area contributed by atoms with Gasteiger partial charge in [0, 0.05) is 25.5 Å². The van der Waals surface area contributed by atoms with Crippen molar-refractivity contribution in [2.75, 3.05) is 18.1 Å². The molecule has 29 heavy (non-hydrogen) atoms. The summed E-state index contributed by atoms with van der Waals surface area (Å²) in [7, 11) is 1.53. The van der Waals surface area contributed by atoms with Gasteiger partial charge in [0.1, 0.15) is 17.7 Å². The third-order valence-electron chi connectivity index (χ3n) is 5.13. The fraction of sp³-hybridized carbons (Fsp3) is 0.333. The van der Waals surface area contributed by atoms with E-state index in [1.165, 1.54) is 17.8 Å². The number of ether oxygens (including phenoxy) is 1. The predicted molar refractivity (Wildman–Crippen MR) is 110 cm³/mol. The molecule has 8 heteroatoms. The number of para-hydroxylation sites is 1. The van der Waals surface area contributed by atoms with Crippen LogP contribution in [0.25, 0.3) is 11.0 Å². The second-order valence-electron chi connectivity index (χ2n) is 7.01. The first-order valence-electron chi connectivity index (χ1n) is 9.62. The van der Waals surface area contributed by atoms with Gasteiger partial charge in [-0.05, 0) is 30.5 Å². The van der Waals surface area contributed by atoms with Crippen LogP contribution in [0.15, 0.2) is 46.1 Å². The molecule has 1 amide bonds. The fourth-order valence-corrected chi connectivity index (χ4v) is 3.67. The molecule has 0 bridgehead atoms. The van der Waals surface area contributed by atoms with E-state index >= 15 is 0 Å². The van der Waals surface area contributed by atoms with E-state index in [9.17, 15) is 14.4 Å². The highest BCUT2D eigenvalue weighted by atomic mass is 16.5. The van der Waals surface area contributed by atoms with Crippen molar-refractivity contribution in [1.82, 2.24) is 14.1 Å². The number of rotatable bonds is 5. The van der Waals surface area contributed by atoms with E-state index in [1.54, 1.807) is 11.0 Å². The summed E-state index contributed by atoms with van der Waals surface area (Å²) in [5.41, 5.74) is 1.01. The molecule has 1 aliphatic heterocycles. The van der Waals surface area contributed by atoms with Gasteiger partial charge in [0.05, 0.1) is 6.61 Å². The van der Waals surface area contributed by atoms with Gasteiger partial charge in [0.25, 0.3) is 5.56 Å².